The molecule has 168 valence electrons. The summed E-state index contributed by atoms with van der Waals surface area (Å²) in [6.07, 6.45) is 11.8. The van der Waals surface area contributed by atoms with Gasteiger partial charge in [0.1, 0.15) is 0 Å². The highest BCUT2D eigenvalue weighted by Gasteiger charge is 2.31. The Kier molecular flexibility index (Phi) is 4.47. The summed E-state index contributed by atoms with van der Waals surface area (Å²) in [6, 6.07) is 31.2. The van der Waals surface area contributed by atoms with Crippen LogP contribution in [-0.2, 0) is 0 Å². The molecular formula is C34H27N. The lowest BCUT2D eigenvalue weighted by atomic mass is 9.76. The molecular weight excluding hydrogens is 422 g/mol. The van der Waals surface area contributed by atoms with Gasteiger partial charge >= 0.3 is 0 Å². The number of hydrogen-bond acceptors (Lipinski definition) is 0. The molecule has 35 heavy (non-hydrogen) atoms. The van der Waals surface area contributed by atoms with Gasteiger partial charge in [-0.05, 0) is 65.6 Å². The SMILES string of the molecule is CC1=CC2c3c(n(-c4cccc(-c5cccc(C)c5)c4)c4ccc5ccccc5c34)C=CC2C=C1. The molecule has 2 atom stereocenters. The van der Waals surface area contributed by atoms with Crippen molar-refractivity contribution in [1.82, 2.24) is 4.57 Å². The quantitative estimate of drug-likeness (QED) is 0.253. The highest BCUT2D eigenvalue weighted by Crippen LogP contribution is 2.47. The Labute approximate surface area is 206 Å². The molecule has 0 amide bonds. The van der Waals surface area contributed by atoms with Crippen LogP contribution >= 0.6 is 0 Å². The topological polar surface area (TPSA) is 4.93 Å². The Hall–Kier alpha value is -4.10. The fourth-order valence-electron chi connectivity index (χ4n) is 6.03. The van der Waals surface area contributed by atoms with Crippen molar-refractivity contribution in [3.63, 3.8) is 0 Å². The third kappa shape index (κ3) is 3.15. The average molecular weight is 450 g/mol. The van der Waals surface area contributed by atoms with Crippen LogP contribution in [0.4, 0.5) is 0 Å². The number of aryl methyl sites for hydroxylation is 1. The van der Waals surface area contributed by atoms with E-state index in [1.807, 2.05) is 0 Å². The predicted molar refractivity (Wildman–Crippen MR) is 149 cm³/mol. The van der Waals surface area contributed by atoms with Crippen LogP contribution in [0, 0.1) is 12.8 Å². The summed E-state index contributed by atoms with van der Waals surface area (Å²) in [6.45, 7) is 4.37. The predicted octanol–water partition coefficient (Wildman–Crippen LogP) is 9.00. The van der Waals surface area contributed by atoms with Crippen molar-refractivity contribution in [2.24, 2.45) is 5.92 Å². The second-order valence-electron chi connectivity index (χ2n) is 9.97. The average Bonchev–Trinajstić information content (AvgIpc) is 3.24. The number of fused-ring (bicyclic) bond motifs is 7. The van der Waals surface area contributed by atoms with Crippen molar-refractivity contribution in [1.29, 1.82) is 0 Å². The highest BCUT2D eigenvalue weighted by molar-refractivity contribution is 6.11. The van der Waals surface area contributed by atoms with E-state index in [0.717, 1.165) is 0 Å². The summed E-state index contributed by atoms with van der Waals surface area (Å²) >= 11 is 0. The van der Waals surface area contributed by atoms with Crippen LogP contribution in [-0.4, -0.2) is 4.57 Å². The molecule has 0 radical (unpaired) electrons. The summed E-state index contributed by atoms with van der Waals surface area (Å²) in [5.74, 6) is 0.761. The smallest absolute Gasteiger partial charge is 0.0544 e. The Morgan fingerprint density at radius 3 is 2.40 bits per heavy atom. The molecule has 1 heterocycles. The van der Waals surface area contributed by atoms with E-state index >= 15 is 0 Å². The van der Waals surface area contributed by atoms with E-state index in [4.69, 9.17) is 0 Å². The Bertz CT molecular complexity index is 1720. The van der Waals surface area contributed by atoms with Crippen molar-refractivity contribution < 1.29 is 0 Å². The second kappa shape index (κ2) is 7.71. The summed E-state index contributed by atoms with van der Waals surface area (Å²) in [7, 11) is 0. The fourth-order valence-corrected chi connectivity index (χ4v) is 6.03. The van der Waals surface area contributed by atoms with Gasteiger partial charge < -0.3 is 4.57 Å². The second-order valence-corrected chi connectivity index (χ2v) is 9.97. The van der Waals surface area contributed by atoms with E-state index in [1.165, 1.54) is 60.9 Å². The zero-order valence-electron chi connectivity index (χ0n) is 20.1. The summed E-state index contributed by atoms with van der Waals surface area (Å²) in [4.78, 5) is 0. The Morgan fingerprint density at radius 2 is 1.51 bits per heavy atom. The lowest BCUT2D eigenvalue weighted by Crippen LogP contribution is -2.15. The molecule has 2 unspecified atom stereocenters. The van der Waals surface area contributed by atoms with Gasteiger partial charge in [0.25, 0.3) is 0 Å². The van der Waals surface area contributed by atoms with Gasteiger partial charge in [-0.2, -0.15) is 0 Å². The van der Waals surface area contributed by atoms with Crippen molar-refractivity contribution in [2.75, 3.05) is 0 Å². The number of rotatable bonds is 2. The zero-order chi connectivity index (χ0) is 23.5. The van der Waals surface area contributed by atoms with Gasteiger partial charge in [-0.15, -0.1) is 0 Å². The van der Waals surface area contributed by atoms with Gasteiger partial charge in [0.15, 0.2) is 0 Å². The van der Waals surface area contributed by atoms with Gasteiger partial charge in [0.2, 0.25) is 0 Å². The summed E-state index contributed by atoms with van der Waals surface area (Å²) in [5.41, 5.74) is 10.4. The molecule has 1 nitrogen and oxygen atoms in total. The van der Waals surface area contributed by atoms with Gasteiger partial charge in [-0.1, -0.05) is 102 Å². The van der Waals surface area contributed by atoms with Crippen molar-refractivity contribution in [3.8, 4) is 16.8 Å². The molecule has 4 aromatic carbocycles. The van der Waals surface area contributed by atoms with Crippen LogP contribution in [0.2, 0.25) is 0 Å². The highest BCUT2D eigenvalue weighted by atomic mass is 15.0. The van der Waals surface area contributed by atoms with Crippen molar-refractivity contribution in [3.05, 3.63) is 132 Å². The minimum Gasteiger partial charge on any atom is -0.310 e. The molecule has 1 heteroatoms. The Balaban J connectivity index is 1.55. The van der Waals surface area contributed by atoms with E-state index < -0.39 is 0 Å². The molecule has 2 aliphatic rings. The van der Waals surface area contributed by atoms with Crippen LogP contribution < -0.4 is 0 Å². The zero-order valence-corrected chi connectivity index (χ0v) is 20.1. The maximum absolute atomic E-state index is 2.48. The molecule has 7 rings (SSSR count). The molecule has 2 aliphatic carbocycles. The van der Waals surface area contributed by atoms with Crippen LogP contribution in [0.25, 0.3) is 44.6 Å². The first-order chi connectivity index (χ1) is 17.2. The van der Waals surface area contributed by atoms with Gasteiger partial charge in [-0.3, -0.25) is 0 Å². The molecule has 0 saturated carbocycles. The molecule has 0 N–H and O–H groups in total. The van der Waals surface area contributed by atoms with Gasteiger partial charge in [0, 0.05) is 22.9 Å². The molecule has 0 fully saturated rings. The minimum absolute atomic E-state index is 0.356. The van der Waals surface area contributed by atoms with Gasteiger partial charge in [-0.25, -0.2) is 0 Å². The third-order valence-corrected chi connectivity index (χ3v) is 7.64. The van der Waals surface area contributed by atoms with Crippen molar-refractivity contribution >= 4 is 27.8 Å². The molecule has 0 aliphatic heterocycles. The number of benzene rings is 4. The van der Waals surface area contributed by atoms with E-state index in [-0.39, 0.29) is 0 Å². The maximum atomic E-state index is 2.48. The minimum atomic E-state index is 0.356. The summed E-state index contributed by atoms with van der Waals surface area (Å²) in [5, 5.41) is 4.02. The maximum Gasteiger partial charge on any atom is 0.0544 e. The molecule has 0 spiro atoms. The van der Waals surface area contributed by atoms with E-state index in [1.54, 1.807) is 0 Å². The van der Waals surface area contributed by atoms with Crippen LogP contribution in [0.1, 0.15) is 29.7 Å². The van der Waals surface area contributed by atoms with Gasteiger partial charge in [0.05, 0.1) is 11.2 Å². The monoisotopic (exact) mass is 449 g/mol. The van der Waals surface area contributed by atoms with Crippen molar-refractivity contribution in [2.45, 2.75) is 19.8 Å². The molecule has 0 saturated heterocycles. The fraction of sp³-hybridized carbons (Fsp3) is 0.118. The number of nitrogens with zero attached hydrogens (tertiary/aromatic N) is 1. The lowest BCUT2D eigenvalue weighted by Gasteiger charge is -2.28. The Morgan fingerprint density at radius 1 is 0.714 bits per heavy atom. The number of allylic oxidation sites excluding steroid dienone is 5. The van der Waals surface area contributed by atoms with E-state index in [2.05, 4.69) is 134 Å². The van der Waals surface area contributed by atoms with Crippen LogP contribution in [0.3, 0.4) is 0 Å². The molecule has 5 aromatic rings. The first-order valence-electron chi connectivity index (χ1n) is 12.5. The lowest BCUT2D eigenvalue weighted by molar-refractivity contribution is 0.688. The van der Waals surface area contributed by atoms with Crippen LogP contribution in [0.5, 0.6) is 0 Å². The summed E-state index contributed by atoms with van der Waals surface area (Å²) < 4.78 is 2.48. The van der Waals surface area contributed by atoms with E-state index in [9.17, 15) is 0 Å². The molecule has 1 aromatic heterocycles. The third-order valence-electron chi connectivity index (χ3n) is 7.64. The first kappa shape index (κ1) is 20.3. The largest absolute Gasteiger partial charge is 0.310 e. The molecule has 0 bridgehead atoms. The first-order valence-corrected chi connectivity index (χ1v) is 12.5. The van der Waals surface area contributed by atoms with E-state index in [0.29, 0.717) is 11.8 Å². The van der Waals surface area contributed by atoms with Crippen LogP contribution in [0.15, 0.2) is 115 Å². The number of hydrogen-bond donors (Lipinski definition) is 0. The normalized spacial score (nSPS) is 18.5. The standard InChI is InChI=1S/C34H27N/c1-22-7-5-9-26(19-22)27-10-6-11-28(21-27)35-31-17-15-24-8-3-4-12-29(24)33(31)34-30-20-23(2)13-14-25(30)16-18-32(34)35/h3-21,25,30H,1-2H3. The number of aromatic nitrogens is 1.